The summed E-state index contributed by atoms with van der Waals surface area (Å²) in [6.07, 6.45) is 5.33. The Balaban J connectivity index is 2.05. The van der Waals surface area contributed by atoms with Gasteiger partial charge in [-0.2, -0.15) is 0 Å². The zero-order valence-electron chi connectivity index (χ0n) is 11.4. The zero-order chi connectivity index (χ0) is 14.2. The molecule has 3 rings (SSSR count). The van der Waals surface area contributed by atoms with Crippen LogP contribution < -0.4 is 5.32 Å². The second-order valence-electron chi connectivity index (χ2n) is 5.56. The summed E-state index contributed by atoms with van der Waals surface area (Å²) >= 11 is 0. The molecule has 1 fully saturated rings. The lowest BCUT2D eigenvalue weighted by molar-refractivity contribution is 0.323. The van der Waals surface area contributed by atoms with Crippen molar-refractivity contribution in [2.75, 3.05) is 13.1 Å². The Morgan fingerprint density at radius 3 is 2.70 bits per heavy atom. The number of benzene rings is 1. The molecule has 5 heteroatoms. The van der Waals surface area contributed by atoms with Crippen LogP contribution in [0, 0.1) is 11.6 Å². The number of halogens is 2. The number of rotatable bonds is 2. The standard InChI is InChI=1S/C15H17F2N3/c1-15(4-6-18-7-5-15)14-9-19-10-20(14)13-3-2-11(16)8-12(13)17/h2-3,8-10,18H,4-7H2,1H3. The van der Waals surface area contributed by atoms with E-state index in [1.165, 1.54) is 12.1 Å². The fraction of sp³-hybridized carbons (Fsp3) is 0.400. The van der Waals surface area contributed by atoms with Gasteiger partial charge in [-0.05, 0) is 38.1 Å². The largest absolute Gasteiger partial charge is 0.317 e. The average Bonchev–Trinajstić information content (AvgIpc) is 2.89. The van der Waals surface area contributed by atoms with Gasteiger partial charge in [-0.15, -0.1) is 0 Å². The van der Waals surface area contributed by atoms with Crippen LogP contribution in [0.1, 0.15) is 25.5 Å². The Labute approximate surface area is 116 Å². The Morgan fingerprint density at radius 2 is 2.00 bits per heavy atom. The molecule has 0 bridgehead atoms. The van der Waals surface area contributed by atoms with Crippen molar-refractivity contribution >= 4 is 0 Å². The molecule has 3 nitrogen and oxygen atoms in total. The molecule has 0 radical (unpaired) electrons. The van der Waals surface area contributed by atoms with E-state index >= 15 is 0 Å². The molecule has 0 unspecified atom stereocenters. The van der Waals surface area contributed by atoms with Crippen molar-refractivity contribution in [1.82, 2.24) is 14.9 Å². The van der Waals surface area contributed by atoms with Crippen LogP contribution in [0.4, 0.5) is 8.78 Å². The fourth-order valence-corrected chi connectivity index (χ4v) is 2.84. The van der Waals surface area contributed by atoms with E-state index in [0.29, 0.717) is 5.69 Å². The van der Waals surface area contributed by atoms with Gasteiger partial charge in [0.2, 0.25) is 0 Å². The van der Waals surface area contributed by atoms with E-state index in [-0.39, 0.29) is 5.41 Å². The zero-order valence-corrected chi connectivity index (χ0v) is 11.4. The highest BCUT2D eigenvalue weighted by molar-refractivity contribution is 5.37. The molecule has 0 atom stereocenters. The summed E-state index contributed by atoms with van der Waals surface area (Å²) in [6.45, 7) is 4.05. The summed E-state index contributed by atoms with van der Waals surface area (Å²) in [4.78, 5) is 4.16. The van der Waals surface area contributed by atoms with Crippen molar-refractivity contribution < 1.29 is 8.78 Å². The third-order valence-corrected chi connectivity index (χ3v) is 4.13. The third-order valence-electron chi connectivity index (χ3n) is 4.13. The van der Waals surface area contributed by atoms with E-state index in [1.54, 1.807) is 17.1 Å². The molecule has 20 heavy (non-hydrogen) atoms. The molecule has 1 aromatic carbocycles. The van der Waals surface area contributed by atoms with Gasteiger partial charge in [-0.1, -0.05) is 6.92 Å². The maximum absolute atomic E-state index is 14.0. The Bertz CT molecular complexity index is 615. The van der Waals surface area contributed by atoms with Gasteiger partial charge in [0.05, 0.1) is 12.0 Å². The van der Waals surface area contributed by atoms with Crippen LogP contribution in [0.15, 0.2) is 30.7 Å². The smallest absolute Gasteiger partial charge is 0.150 e. The van der Waals surface area contributed by atoms with Gasteiger partial charge in [-0.3, -0.25) is 4.57 Å². The number of imidazole rings is 1. The summed E-state index contributed by atoms with van der Waals surface area (Å²) in [5, 5.41) is 3.33. The predicted molar refractivity (Wildman–Crippen MR) is 72.9 cm³/mol. The first kappa shape index (κ1) is 13.2. The van der Waals surface area contributed by atoms with Crippen molar-refractivity contribution in [1.29, 1.82) is 0 Å². The van der Waals surface area contributed by atoms with E-state index in [1.807, 2.05) is 0 Å². The SMILES string of the molecule is CC1(c2cncn2-c2ccc(F)cc2F)CCNCC1. The van der Waals surface area contributed by atoms with Crippen molar-refractivity contribution in [2.24, 2.45) is 0 Å². The summed E-state index contributed by atoms with van der Waals surface area (Å²) in [5.74, 6) is -1.14. The summed E-state index contributed by atoms with van der Waals surface area (Å²) in [5.41, 5.74) is 1.28. The second-order valence-corrected chi connectivity index (χ2v) is 5.56. The summed E-state index contributed by atoms with van der Waals surface area (Å²) in [6, 6.07) is 3.64. The Hall–Kier alpha value is -1.75. The van der Waals surface area contributed by atoms with Crippen LogP contribution in [0.5, 0.6) is 0 Å². The normalized spacial score (nSPS) is 18.1. The van der Waals surface area contributed by atoms with Crippen molar-refractivity contribution in [3.05, 3.63) is 48.1 Å². The van der Waals surface area contributed by atoms with Crippen LogP contribution in [0.25, 0.3) is 5.69 Å². The van der Waals surface area contributed by atoms with E-state index in [9.17, 15) is 8.78 Å². The molecule has 1 aromatic heterocycles. The fourth-order valence-electron chi connectivity index (χ4n) is 2.84. The van der Waals surface area contributed by atoms with E-state index in [4.69, 9.17) is 0 Å². The van der Waals surface area contributed by atoms with Gasteiger partial charge in [0.1, 0.15) is 11.6 Å². The van der Waals surface area contributed by atoms with Crippen LogP contribution >= 0.6 is 0 Å². The van der Waals surface area contributed by atoms with Gasteiger partial charge < -0.3 is 5.32 Å². The molecule has 2 aromatic rings. The molecule has 1 aliphatic rings. The lowest BCUT2D eigenvalue weighted by atomic mass is 9.78. The van der Waals surface area contributed by atoms with Crippen LogP contribution in [0.3, 0.4) is 0 Å². The maximum Gasteiger partial charge on any atom is 0.150 e. The predicted octanol–water partition coefficient (Wildman–Crippen LogP) is 2.79. The van der Waals surface area contributed by atoms with Gasteiger partial charge >= 0.3 is 0 Å². The highest BCUT2D eigenvalue weighted by atomic mass is 19.1. The van der Waals surface area contributed by atoms with Gasteiger partial charge in [-0.25, -0.2) is 13.8 Å². The minimum absolute atomic E-state index is 0.0391. The number of hydrogen-bond acceptors (Lipinski definition) is 2. The van der Waals surface area contributed by atoms with Crippen LogP contribution in [-0.2, 0) is 5.41 Å². The molecule has 106 valence electrons. The van der Waals surface area contributed by atoms with Gasteiger partial charge in [0, 0.05) is 23.4 Å². The Kier molecular flexibility index (Phi) is 3.30. The average molecular weight is 277 g/mol. The van der Waals surface area contributed by atoms with E-state index < -0.39 is 11.6 Å². The van der Waals surface area contributed by atoms with Crippen LogP contribution in [0.2, 0.25) is 0 Å². The molecule has 1 aliphatic heterocycles. The minimum atomic E-state index is -0.569. The lowest BCUT2D eigenvalue weighted by Crippen LogP contribution is -2.38. The van der Waals surface area contributed by atoms with E-state index in [2.05, 4.69) is 17.2 Å². The highest BCUT2D eigenvalue weighted by Gasteiger charge is 2.32. The van der Waals surface area contributed by atoms with Gasteiger partial charge in [0.25, 0.3) is 0 Å². The maximum atomic E-state index is 14.0. The molecule has 1 saturated heterocycles. The molecular weight excluding hydrogens is 260 g/mol. The number of nitrogens with zero attached hydrogens (tertiary/aromatic N) is 2. The van der Waals surface area contributed by atoms with Crippen molar-refractivity contribution in [3.8, 4) is 5.69 Å². The second kappa shape index (κ2) is 4.98. The topological polar surface area (TPSA) is 29.9 Å². The quantitative estimate of drug-likeness (QED) is 0.914. The van der Waals surface area contributed by atoms with Gasteiger partial charge in [0.15, 0.2) is 0 Å². The first-order valence-electron chi connectivity index (χ1n) is 6.79. The number of aromatic nitrogens is 2. The number of nitrogens with one attached hydrogen (secondary N) is 1. The molecular formula is C15H17F2N3. The molecule has 0 amide bonds. The molecule has 2 heterocycles. The minimum Gasteiger partial charge on any atom is -0.317 e. The number of hydrogen-bond donors (Lipinski definition) is 1. The Morgan fingerprint density at radius 1 is 1.25 bits per heavy atom. The molecule has 0 aliphatic carbocycles. The lowest BCUT2D eigenvalue weighted by Gasteiger charge is -2.34. The first-order chi connectivity index (χ1) is 9.60. The summed E-state index contributed by atoms with van der Waals surface area (Å²) in [7, 11) is 0. The molecule has 1 N–H and O–H groups in total. The molecule has 0 spiro atoms. The van der Waals surface area contributed by atoms with Crippen molar-refractivity contribution in [3.63, 3.8) is 0 Å². The monoisotopic (exact) mass is 277 g/mol. The summed E-state index contributed by atoms with van der Waals surface area (Å²) < 4.78 is 28.8. The number of piperidine rings is 1. The van der Waals surface area contributed by atoms with Crippen molar-refractivity contribution in [2.45, 2.75) is 25.2 Å². The third kappa shape index (κ3) is 2.22. The van der Waals surface area contributed by atoms with E-state index in [0.717, 1.165) is 37.7 Å². The highest BCUT2D eigenvalue weighted by Crippen LogP contribution is 2.34. The first-order valence-corrected chi connectivity index (χ1v) is 6.79. The molecule has 0 saturated carbocycles. The van der Waals surface area contributed by atoms with Crippen LogP contribution in [-0.4, -0.2) is 22.6 Å².